The predicted molar refractivity (Wildman–Crippen MR) is 121 cm³/mol. The van der Waals surface area contributed by atoms with Gasteiger partial charge in [0.05, 0.1) is 0 Å². The molecule has 0 bridgehead atoms. The van der Waals surface area contributed by atoms with Crippen molar-refractivity contribution in [2.75, 3.05) is 14.1 Å². The van der Waals surface area contributed by atoms with Crippen molar-refractivity contribution in [2.45, 2.75) is 50.3 Å². The summed E-state index contributed by atoms with van der Waals surface area (Å²) in [6.07, 6.45) is -6.47. The van der Waals surface area contributed by atoms with Gasteiger partial charge in [-0.1, -0.05) is 19.9 Å². The highest BCUT2D eigenvalue weighted by Crippen LogP contribution is 2.46. The van der Waals surface area contributed by atoms with Crippen molar-refractivity contribution in [3.63, 3.8) is 0 Å². The number of rotatable bonds is 7. The van der Waals surface area contributed by atoms with Gasteiger partial charge in [-0.25, -0.2) is 4.39 Å². The summed E-state index contributed by atoms with van der Waals surface area (Å²) in [5.41, 5.74) is -3.56. The molecular formula is C25H28F4N2O3. The van der Waals surface area contributed by atoms with E-state index in [9.17, 15) is 32.6 Å². The third-order valence-corrected chi connectivity index (χ3v) is 6.41. The molecule has 0 saturated heterocycles. The van der Waals surface area contributed by atoms with Gasteiger partial charge < -0.3 is 20.1 Å². The molecule has 1 aromatic heterocycles. The molecule has 9 heteroatoms. The van der Waals surface area contributed by atoms with Crippen LogP contribution in [0.5, 0.6) is 5.75 Å². The van der Waals surface area contributed by atoms with Crippen molar-refractivity contribution >= 4 is 16.8 Å². The molecule has 0 fully saturated rings. The van der Waals surface area contributed by atoms with E-state index in [1.807, 2.05) is 0 Å². The number of aromatic nitrogens is 1. The lowest BCUT2D eigenvalue weighted by atomic mass is 9.70. The number of fused-ring (bicyclic) bond motifs is 1. The first kappa shape index (κ1) is 25.6. The van der Waals surface area contributed by atoms with Crippen LogP contribution in [-0.4, -0.2) is 51.9 Å². The van der Waals surface area contributed by atoms with Crippen LogP contribution in [0.3, 0.4) is 0 Å². The number of phenolic OH excluding ortho intramolecular Hbond substituents is 1. The lowest BCUT2D eigenvalue weighted by Crippen LogP contribution is -2.51. The minimum absolute atomic E-state index is 0.00108. The van der Waals surface area contributed by atoms with Crippen LogP contribution >= 0.6 is 0 Å². The van der Waals surface area contributed by atoms with Gasteiger partial charge in [-0.05, 0) is 60.0 Å². The number of carbonyl (C=O) groups is 1. The third kappa shape index (κ3) is 4.89. The van der Waals surface area contributed by atoms with Crippen molar-refractivity contribution in [1.29, 1.82) is 0 Å². The van der Waals surface area contributed by atoms with Crippen molar-refractivity contribution in [2.24, 2.45) is 0 Å². The summed E-state index contributed by atoms with van der Waals surface area (Å²) in [5, 5.41) is 21.8. The third-order valence-electron chi connectivity index (χ3n) is 6.41. The van der Waals surface area contributed by atoms with Crippen LogP contribution in [0, 0.1) is 5.82 Å². The van der Waals surface area contributed by atoms with Crippen LogP contribution < -0.4 is 0 Å². The SMILES string of the molecule is CCC(C)(CC(O)(Cc1cc2ccc(C(=O)N(C)C)cc2[nH]1)C(F)(F)F)c1cc(F)ccc1O. The van der Waals surface area contributed by atoms with Gasteiger partial charge in [-0.15, -0.1) is 0 Å². The van der Waals surface area contributed by atoms with Crippen LogP contribution in [0.25, 0.3) is 10.9 Å². The molecule has 0 aliphatic carbocycles. The van der Waals surface area contributed by atoms with Gasteiger partial charge in [0, 0.05) is 42.9 Å². The number of phenols is 1. The number of nitrogens with zero attached hydrogens (tertiary/aromatic N) is 1. The Morgan fingerprint density at radius 3 is 2.35 bits per heavy atom. The summed E-state index contributed by atoms with van der Waals surface area (Å²) in [4.78, 5) is 16.5. The maximum absolute atomic E-state index is 14.2. The first-order valence-corrected chi connectivity index (χ1v) is 10.8. The highest BCUT2D eigenvalue weighted by Gasteiger charge is 2.56. The molecule has 0 saturated carbocycles. The van der Waals surface area contributed by atoms with E-state index < -0.39 is 35.9 Å². The summed E-state index contributed by atoms with van der Waals surface area (Å²) in [5.74, 6) is -1.28. The quantitative estimate of drug-likeness (QED) is 0.401. The van der Waals surface area contributed by atoms with E-state index in [-0.39, 0.29) is 29.3 Å². The number of alkyl halides is 3. The Kier molecular flexibility index (Phi) is 6.72. The second-order valence-corrected chi connectivity index (χ2v) is 9.25. The Hall–Kier alpha value is -3.07. The molecule has 3 aromatic rings. The summed E-state index contributed by atoms with van der Waals surface area (Å²) in [6.45, 7) is 3.08. The first-order valence-electron chi connectivity index (χ1n) is 10.8. The van der Waals surface area contributed by atoms with Gasteiger partial charge in [0.15, 0.2) is 5.60 Å². The van der Waals surface area contributed by atoms with Gasteiger partial charge in [0.25, 0.3) is 5.91 Å². The van der Waals surface area contributed by atoms with Gasteiger partial charge in [0.1, 0.15) is 11.6 Å². The largest absolute Gasteiger partial charge is 0.508 e. The second-order valence-electron chi connectivity index (χ2n) is 9.25. The zero-order valence-electron chi connectivity index (χ0n) is 19.4. The first-order chi connectivity index (χ1) is 15.7. The second kappa shape index (κ2) is 8.94. The number of aromatic hydroxyl groups is 1. The Labute approximate surface area is 195 Å². The molecule has 2 unspecified atom stereocenters. The van der Waals surface area contributed by atoms with Crippen LogP contribution in [0.15, 0.2) is 42.5 Å². The topological polar surface area (TPSA) is 76.6 Å². The molecule has 34 heavy (non-hydrogen) atoms. The smallest absolute Gasteiger partial charge is 0.417 e. The summed E-state index contributed by atoms with van der Waals surface area (Å²) in [7, 11) is 3.19. The Morgan fingerprint density at radius 1 is 1.09 bits per heavy atom. The van der Waals surface area contributed by atoms with Crippen molar-refractivity contribution in [3.05, 3.63) is 65.1 Å². The number of aromatic amines is 1. The number of nitrogens with one attached hydrogen (secondary N) is 1. The molecular weight excluding hydrogens is 452 g/mol. The number of amides is 1. The Bertz CT molecular complexity index is 1200. The highest BCUT2D eigenvalue weighted by atomic mass is 19.4. The average molecular weight is 481 g/mol. The van der Waals surface area contributed by atoms with Crippen molar-refractivity contribution in [3.8, 4) is 5.75 Å². The zero-order chi connectivity index (χ0) is 25.5. The molecule has 1 amide bonds. The van der Waals surface area contributed by atoms with E-state index in [1.165, 1.54) is 17.9 Å². The van der Waals surface area contributed by atoms with Gasteiger partial charge >= 0.3 is 6.18 Å². The number of hydrogen-bond donors (Lipinski definition) is 3. The molecule has 0 radical (unpaired) electrons. The Morgan fingerprint density at radius 2 is 1.76 bits per heavy atom. The number of halogens is 4. The fourth-order valence-corrected chi connectivity index (χ4v) is 4.30. The van der Waals surface area contributed by atoms with Crippen LogP contribution in [0.2, 0.25) is 0 Å². The van der Waals surface area contributed by atoms with E-state index >= 15 is 0 Å². The maximum atomic E-state index is 14.2. The van der Waals surface area contributed by atoms with Crippen molar-refractivity contribution in [1.82, 2.24) is 9.88 Å². The van der Waals surface area contributed by atoms with E-state index in [0.29, 0.717) is 16.5 Å². The average Bonchev–Trinajstić information content (AvgIpc) is 3.14. The summed E-state index contributed by atoms with van der Waals surface area (Å²) < 4.78 is 56.5. The number of carbonyl (C=O) groups excluding carboxylic acids is 1. The van der Waals surface area contributed by atoms with E-state index in [2.05, 4.69) is 4.98 Å². The van der Waals surface area contributed by atoms with E-state index in [4.69, 9.17) is 0 Å². The lowest BCUT2D eigenvalue weighted by molar-refractivity contribution is -0.267. The number of hydrogen-bond acceptors (Lipinski definition) is 3. The monoisotopic (exact) mass is 480 g/mol. The molecule has 184 valence electrons. The Balaban J connectivity index is 2.00. The normalized spacial score (nSPS) is 15.7. The number of aliphatic hydroxyl groups is 1. The van der Waals surface area contributed by atoms with Crippen LogP contribution in [0.1, 0.15) is 48.3 Å². The summed E-state index contributed by atoms with van der Waals surface area (Å²) in [6, 6.07) is 9.37. The summed E-state index contributed by atoms with van der Waals surface area (Å²) >= 11 is 0. The van der Waals surface area contributed by atoms with Gasteiger partial charge in [0.2, 0.25) is 0 Å². The standard InChI is InChI=1S/C25H28F4N2O3/c1-5-23(2,19-12-17(26)8-9-21(19)32)14-24(34,25(27,28)29)13-18-10-15-6-7-16(11-20(15)30-18)22(33)31(3)4/h6-12,30,32,34H,5,13-14H2,1-4H3. The molecule has 3 rings (SSSR count). The highest BCUT2D eigenvalue weighted by molar-refractivity contribution is 5.97. The minimum Gasteiger partial charge on any atom is -0.508 e. The zero-order valence-corrected chi connectivity index (χ0v) is 19.4. The molecule has 0 aliphatic rings. The fraction of sp³-hybridized carbons (Fsp3) is 0.400. The van der Waals surface area contributed by atoms with Crippen LogP contribution in [0.4, 0.5) is 17.6 Å². The molecule has 0 spiro atoms. The predicted octanol–water partition coefficient (Wildman–Crippen LogP) is 5.31. The lowest BCUT2D eigenvalue weighted by Gasteiger charge is -2.39. The maximum Gasteiger partial charge on any atom is 0.417 e. The molecule has 5 nitrogen and oxygen atoms in total. The molecule has 2 aromatic carbocycles. The van der Waals surface area contributed by atoms with E-state index in [1.54, 1.807) is 39.2 Å². The number of benzene rings is 2. The molecule has 1 heterocycles. The van der Waals surface area contributed by atoms with Crippen molar-refractivity contribution < 1.29 is 32.6 Å². The molecule has 0 aliphatic heterocycles. The fourth-order valence-electron chi connectivity index (χ4n) is 4.30. The van der Waals surface area contributed by atoms with Crippen LogP contribution in [-0.2, 0) is 11.8 Å². The minimum atomic E-state index is -5.00. The van der Waals surface area contributed by atoms with Gasteiger partial charge in [-0.3, -0.25) is 4.79 Å². The van der Waals surface area contributed by atoms with E-state index in [0.717, 1.165) is 18.2 Å². The molecule has 2 atom stereocenters. The van der Waals surface area contributed by atoms with Gasteiger partial charge in [-0.2, -0.15) is 13.2 Å². The number of H-pyrrole nitrogens is 1. The molecule has 3 N–H and O–H groups in total.